The van der Waals surface area contributed by atoms with Crippen LogP contribution in [-0.4, -0.2) is 3.96 Å². The molecule has 19 heavy (non-hydrogen) atoms. The highest BCUT2D eigenvalue weighted by atomic mass is 32.2. The minimum atomic E-state index is 0.925. The van der Waals surface area contributed by atoms with Crippen LogP contribution in [0.4, 0.5) is 0 Å². The molecule has 1 heterocycles. The van der Waals surface area contributed by atoms with Crippen molar-refractivity contribution in [2.24, 2.45) is 0 Å². The summed E-state index contributed by atoms with van der Waals surface area (Å²) in [5.74, 6) is 0. The van der Waals surface area contributed by atoms with Gasteiger partial charge in [0.25, 0.3) is 0 Å². The standard InChI is InChI=1S/C16H13NS2/c1-12-7-5-6-10-15(12)17-11-14(16(18)19-17)13-8-3-2-4-9-13/h2-11H,1H3. The molecule has 0 radical (unpaired) electrons. The SMILES string of the molecule is Cc1ccccc1-n1cc(-c2ccccc2)c(=S)s1. The molecule has 3 heteroatoms. The maximum Gasteiger partial charge on any atom is 0.117 e. The van der Waals surface area contributed by atoms with Gasteiger partial charge in [-0.2, -0.15) is 0 Å². The third-order valence-corrected chi connectivity index (χ3v) is 4.41. The van der Waals surface area contributed by atoms with Crippen LogP contribution in [0.3, 0.4) is 0 Å². The molecule has 0 spiro atoms. The summed E-state index contributed by atoms with van der Waals surface area (Å²) >= 11 is 7.10. The molecule has 0 atom stereocenters. The van der Waals surface area contributed by atoms with Crippen molar-refractivity contribution >= 4 is 23.8 Å². The molecular weight excluding hydrogens is 270 g/mol. The Morgan fingerprint density at radius 1 is 0.947 bits per heavy atom. The maximum atomic E-state index is 5.50. The predicted octanol–water partition coefficient (Wildman–Crippen LogP) is 5.24. The minimum Gasteiger partial charge on any atom is -0.272 e. The van der Waals surface area contributed by atoms with Crippen molar-refractivity contribution < 1.29 is 0 Å². The van der Waals surface area contributed by atoms with Crippen LogP contribution >= 0.6 is 23.8 Å². The van der Waals surface area contributed by atoms with E-state index in [1.54, 1.807) is 11.5 Å². The van der Waals surface area contributed by atoms with Gasteiger partial charge in [0.15, 0.2) is 0 Å². The Bertz CT molecular complexity index is 754. The van der Waals surface area contributed by atoms with Crippen molar-refractivity contribution in [2.45, 2.75) is 6.92 Å². The molecule has 1 nitrogen and oxygen atoms in total. The van der Waals surface area contributed by atoms with Crippen molar-refractivity contribution in [3.8, 4) is 16.8 Å². The quantitative estimate of drug-likeness (QED) is 0.582. The van der Waals surface area contributed by atoms with Crippen molar-refractivity contribution in [1.29, 1.82) is 0 Å². The first kappa shape index (κ1) is 12.3. The molecule has 1 aromatic heterocycles. The zero-order valence-electron chi connectivity index (χ0n) is 10.5. The third-order valence-electron chi connectivity index (χ3n) is 3.09. The molecule has 0 unspecified atom stereocenters. The lowest BCUT2D eigenvalue weighted by molar-refractivity contribution is 1.17. The molecule has 0 amide bonds. The Morgan fingerprint density at radius 3 is 2.37 bits per heavy atom. The summed E-state index contributed by atoms with van der Waals surface area (Å²) < 4.78 is 3.08. The number of rotatable bonds is 2. The van der Waals surface area contributed by atoms with Gasteiger partial charge >= 0.3 is 0 Å². The summed E-state index contributed by atoms with van der Waals surface area (Å²) in [6, 6.07) is 18.6. The van der Waals surface area contributed by atoms with Crippen LogP contribution in [0, 0.1) is 10.7 Å². The van der Waals surface area contributed by atoms with Gasteiger partial charge < -0.3 is 0 Å². The Kier molecular flexibility index (Phi) is 3.32. The van der Waals surface area contributed by atoms with Gasteiger partial charge in [-0.05, 0) is 35.6 Å². The highest BCUT2D eigenvalue weighted by molar-refractivity contribution is 7.73. The summed E-state index contributed by atoms with van der Waals surface area (Å²) in [7, 11) is 0. The van der Waals surface area contributed by atoms with Gasteiger partial charge in [0.1, 0.15) is 3.82 Å². The molecule has 0 saturated heterocycles. The largest absolute Gasteiger partial charge is 0.272 e. The Hall–Kier alpha value is -1.71. The molecule has 0 bridgehead atoms. The van der Waals surface area contributed by atoms with Crippen molar-refractivity contribution in [1.82, 2.24) is 3.96 Å². The van der Waals surface area contributed by atoms with Crippen molar-refractivity contribution in [2.75, 3.05) is 0 Å². The van der Waals surface area contributed by atoms with Gasteiger partial charge in [0, 0.05) is 11.8 Å². The maximum absolute atomic E-state index is 5.50. The van der Waals surface area contributed by atoms with E-state index in [9.17, 15) is 0 Å². The fourth-order valence-corrected chi connectivity index (χ4v) is 3.39. The van der Waals surface area contributed by atoms with Crippen LogP contribution < -0.4 is 0 Å². The summed E-state index contributed by atoms with van der Waals surface area (Å²) in [6.45, 7) is 2.12. The number of benzene rings is 2. The molecule has 3 aromatic rings. The van der Waals surface area contributed by atoms with Crippen LogP contribution in [0.2, 0.25) is 0 Å². The molecule has 0 saturated carbocycles. The fourth-order valence-electron chi connectivity index (χ4n) is 2.07. The highest BCUT2D eigenvalue weighted by Crippen LogP contribution is 2.27. The summed E-state index contributed by atoms with van der Waals surface area (Å²) in [5.41, 5.74) is 4.75. The second kappa shape index (κ2) is 5.11. The van der Waals surface area contributed by atoms with Gasteiger partial charge in [-0.15, -0.1) is 0 Å². The number of hydrogen-bond donors (Lipinski definition) is 0. The van der Waals surface area contributed by atoms with Gasteiger partial charge in [-0.1, -0.05) is 60.7 Å². The van der Waals surface area contributed by atoms with Crippen molar-refractivity contribution in [3.63, 3.8) is 0 Å². The highest BCUT2D eigenvalue weighted by Gasteiger charge is 2.07. The van der Waals surface area contributed by atoms with E-state index in [0.29, 0.717) is 0 Å². The number of aromatic nitrogens is 1. The smallest absolute Gasteiger partial charge is 0.117 e. The zero-order valence-corrected chi connectivity index (χ0v) is 12.2. The molecule has 0 N–H and O–H groups in total. The minimum absolute atomic E-state index is 0.925. The lowest BCUT2D eigenvalue weighted by Gasteiger charge is -2.04. The normalized spacial score (nSPS) is 10.6. The lowest BCUT2D eigenvalue weighted by atomic mass is 10.1. The van der Waals surface area contributed by atoms with Gasteiger partial charge in [0.2, 0.25) is 0 Å². The number of nitrogens with zero attached hydrogens (tertiary/aromatic N) is 1. The molecule has 0 aliphatic carbocycles. The van der Waals surface area contributed by atoms with Gasteiger partial charge in [-0.25, -0.2) is 0 Å². The Balaban J connectivity index is 2.13. The number of aryl methyl sites for hydroxylation is 1. The van der Waals surface area contributed by atoms with E-state index in [1.165, 1.54) is 16.8 Å². The predicted molar refractivity (Wildman–Crippen MR) is 84.7 cm³/mol. The van der Waals surface area contributed by atoms with E-state index < -0.39 is 0 Å². The molecule has 0 aliphatic heterocycles. The molecule has 0 aliphatic rings. The first-order chi connectivity index (χ1) is 9.25. The second-order valence-corrected chi connectivity index (χ2v) is 6.05. The average molecular weight is 283 g/mol. The van der Waals surface area contributed by atoms with Gasteiger partial charge in [0.05, 0.1) is 5.69 Å². The van der Waals surface area contributed by atoms with E-state index in [-0.39, 0.29) is 0 Å². The molecule has 0 fully saturated rings. The lowest BCUT2D eigenvalue weighted by Crippen LogP contribution is -1.90. The van der Waals surface area contributed by atoms with E-state index >= 15 is 0 Å². The average Bonchev–Trinajstić information content (AvgIpc) is 2.82. The summed E-state index contributed by atoms with van der Waals surface area (Å²) in [4.78, 5) is 0. The van der Waals surface area contributed by atoms with Crippen LogP contribution in [-0.2, 0) is 0 Å². The first-order valence-electron chi connectivity index (χ1n) is 6.10. The molecular formula is C16H13NS2. The topological polar surface area (TPSA) is 4.93 Å². The van der Waals surface area contributed by atoms with E-state index in [1.807, 2.05) is 18.2 Å². The number of hydrogen-bond acceptors (Lipinski definition) is 2. The van der Waals surface area contributed by atoms with E-state index in [0.717, 1.165) is 9.39 Å². The molecule has 2 aromatic carbocycles. The zero-order chi connectivity index (χ0) is 13.2. The Labute approximate surface area is 121 Å². The van der Waals surface area contributed by atoms with Crippen LogP contribution in [0.1, 0.15) is 5.56 Å². The fraction of sp³-hybridized carbons (Fsp3) is 0.0625. The van der Waals surface area contributed by atoms with E-state index in [4.69, 9.17) is 12.2 Å². The van der Waals surface area contributed by atoms with Crippen LogP contribution in [0.15, 0.2) is 60.8 Å². The summed E-state index contributed by atoms with van der Waals surface area (Å²) in [5, 5.41) is 0. The Morgan fingerprint density at radius 2 is 1.63 bits per heavy atom. The van der Waals surface area contributed by atoms with Gasteiger partial charge in [-0.3, -0.25) is 3.96 Å². The number of para-hydroxylation sites is 1. The van der Waals surface area contributed by atoms with Crippen LogP contribution in [0.25, 0.3) is 16.8 Å². The van der Waals surface area contributed by atoms with E-state index in [2.05, 4.69) is 53.5 Å². The first-order valence-corrected chi connectivity index (χ1v) is 7.28. The monoisotopic (exact) mass is 283 g/mol. The summed E-state index contributed by atoms with van der Waals surface area (Å²) in [6.07, 6.45) is 2.13. The third kappa shape index (κ3) is 2.39. The molecule has 94 valence electrons. The van der Waals surface area contributed by atoms with Crippen molar-refractivity contribution in [3.05, 3.63) is 70.2 Å². The van der Waals surface area contributed by atoms with Crippen LogP contribution in [0.5, 0.6) is 0 Å². The molecule has 3 rings (SSSR count). The second-order valence-electron chi connectivity index (χ2n) is 4.40.